The van der Waals surface area contributed by atoms with Gasteiger partial charge < -0.3 is 10.0 Å². The summed E-state index contributed by atoms with van der Waals surface area (Å²) in [4.78, 5) is 13.4. The summed E-state index contributed by atoms with van der Waals surface area (Å²) in [5.41, 5.74) is 0. The third-order valence-corrected chi connectivity index (χ3v) is 3.27. The Morgan fingerprint density at radius 3 is 2.21 bits per heavy atom. The van der Waals surface area contributed by atoms with Gasteiger partial charge in [0.05, 0.1) is 5.92 Å². The number of hydrogen-bond acceptors (Lipinski definition) is 2. The molecule has 3 heteroatoms. The van der Waals surface area contributed by atoms with Crippen LogP contribution in [-0.4, -0.2) is 36.1 Å². The number of nitrogens with zero attached hydrogens (tertiary/aromatic N) is 1. The van der Waals surface area contributed by atoms with Crippen LogP contribution in [0.15, 0.2) is 0 Å². The predicted molar refractivity (Wildman–Crippen MR) is 56.2 cm³/mol. The average molecular weight is 199 g/mol. The molecule has 0 spiro atoms. The number of piperidine rings is 1. The van der Waals surface area contributed by atoms with E-state index in [9.17, 15) is 4.79 Å². The van der Waals surface area contributed by atoms with Gasteiger partial charge in [-0.2, -0.15) is 0 Å². The smallest absolute Gasteiger partial charge is 0.307 e. The normalized spacial score (nSPS) is 22.6. The van der Waals surface area contributed by atoms with E-state index in [1.54, 1.807) is 0 Å². The maximum atomic E-state index is 11.1. The minimum Gasteiger partial charge on any atom is -0.481 e. The molecule has 1 atom stereocenters. The van der Waals surface area contributed by atoms with E-state index in [2.05, 4.69) is 11.9 Å². The maximum Gasteiger partial charge on any atom is 0.307 e. The Hall–Kier alpha value is -0.570. The van der Waals surface area contributed by atoms with Crippen molar-refractivity contribution in [3.05, 3.63) is 0 Å². The van der Waals surface area contributed by atoms with Gasteiger partial charge in [0.2, 0.25) is 0 Å². The molecule has 3 nitrogen and oxygen atoms in total. The van der Waals surface area contributed by atoms with Crippen molar-refractivity contribution in [2.24, 2.45) is 17.8 Å². The van der Waals surface area contributed by atoms with Crippen molar-refractivity contribution in [2.45, 2.75) is 26.7 Å². The van der Waals surface area contributed by atoms with Crippen LogP contribution in [0.3, 0.4) is 0 Å². The monoisotopic (exact) mass is 199 g/mol. The Kier molecular flexibility index (Phi) is 3.93. The average Bonchev–Trinajstić information content (AvgIpc) is 2.07. The molecule has 0 aromatic rings. The zero-order chi connectivity index (χ0) is 10.7. The lowest BCUT2D eigenvalue weighted by atomic mass is 9.78. The number of rotatable bonds is 3. The van der Waals surface area contributed by atoms with Gasteiger partial charge in [0.25, 0.3) is 0 Å². The lowest BCUT2D eigenvalue weighted by Gasteiger charge is -2.34. The summed E-state index contributed by atoms with van der Waals surface area (Å²) in [7, 11) is 2.10. The maximum absolute atomic E-state index is 11.1. The summed E-state index contributed by atoms with van der Waals surface area (Å²) < 4.78 is 0. The first-order valence-corrected chi connectivity index (χ1v) is 5.43. The first-order chi connectivity index (χ1) is 6.52. The number of aliphatic carboxylic acids is 1. The van der Waals surface area contributed by atoms with E-state index < -0.39 is 5.97 Å². The molecule has 0 bridgehead atoms. The van der Waals surface area contributed by atoms with Crippen LogP contribution < -0.4 is 0 Å². The molecule has 0 aromatic heterocycles. The minimum atomic E-state index is -0.616. The van der Waals surface area contributed by atoms with Crippen molar-refractivity contribution in [2.75, 3.05) is 20.1 Å². The molecule has 0 aliphatic carbocycles. The number of hydrogen-bond donors (Lipinski definition) is 1. The molecular weight excluding hydrogens is 178 g/mol. The summed E-state index contributed by atoms with van der Waals surface area (Å²) in [5.74, 6) is -0.136. The second-order valence-electron chi connectivity index (χ2n) is 4.75. The van der Waals surface area contributed by atoms with E-state index in [0.717, 1.165) is 25.9 Å². The van der Waals surface area contributed by atoms with Crippen LogP contribution in [0.4, 0.5) is 0 Å². The summed E-state index contributed by atoms with van der Waals surface area (Å²) in [6.07, 6.45) is 2.07. The summed E-state index contributed by atoms with van der Waals surface area (Å²) in [5, 5.41) is 9.15. The van der Waals surface area contributed by atoms with Gasteiger partial charge in [-0.05, 0) is 44.8 Å². The molecule has 14 heavy (non-hydrogen) atoms. The van der Waals surface area contributed by atoms with Gasteiger partial charge in [-0.3, -0.25) is 4.79 Å². The first-order valence-electron chi connectivity index (χ1n) is 5.43. The van der Waals surface area contributed by atoms with Crippen molar-refractivity contribution >= 4 is 5.97 Å². The largest absolute Gasteiger partial charge is 0.481 e. The van der Waals surface area contributed by atoms with Crippen molar-refractivity contribution in [1.29, 1.82) is 0 Å². The highest BCUT2D eigenvalue weighted by molar-refractivity contribution is 5.70. The predicted octanol–water partition coefficient (Wildman–Crippen LogP) is 1.69. The number of carbonyl (C=O) groups is 1. The van der Waals surface area contributed by atoms with E-state index in [0.29, 0.717) is 5.92 Å². The highest BCUT2D eigenvalue weighted by Gasteiger charge is 2.32. The number of likely N-dealkylation sites (tertiary alicyclic amines) is 1. The summed E-state index contributed by atoms with van der Waals surface area (Å²) in [6.45, 7) is 6.11. The molecule has 0 saturated carbocycles. The van der Waals surface area contributed by atoms with E-state index in [1.807, 2.05) is 13.8 Å². The van der Waals surface area contributed by atoms with Crippen molar-refractivity contribution < 1.29 is 9.90 Å². The second kappa shape index (κ2) is 4.78. The van der Waals surface area contributed by atoms with Crippen LogP contribution >= 0.6 is 0 Å². The molecule has 1 aliphatic heterocycles. The minimum absolute atomic E-state index is 0.149. The van der Waals surface area contributed by atoms with Crippen LogP contribution in [0.2, 0.25) is 0 Å². The zero-order valence-electron chi connectivity index (χ0n) is 9.36. The Morgan fingerprint density at radius 1 is 1.36 bits per heavy atom. The molecule has 1 unspecified atom stereocenters. The molecule has 1 saturated heterocycles. The molecule has 1 aliphatic rings. The van der Waals surface area contributed by atoms with Crippen LogP contribution in [0.25, 0.3) is 0 Å². The van der Waals surface area contributed by atoms with E-state index in [1.165, 1.54) is 0 Å². The summed E-state index contributed by atoms with van der Waals surface area (Å²) >= 11 is 0. The molecule has 1 heterocycles. The van der Waals surface area contributed by atoms with E-state index in [4.69, 9.17) is 5.11 Å². The highest BCUT2D eigenvalue weighted by atomic mass is 16.4. The Balaban J connectivity index is 2.56. The van der Waals surface area contributed by atoms with Gasteiger partial charge in [-0.1, -0.05) is 13.8 Å². The van der Waals surface area contributed by atoms with Crippen LogP contribution in [0.1, 0.15) is 26.7 Å². The molecule has 0 amide bonds. The van der Waals surface area contributed by atoms with E-state index in [-0.39, 0.29) is 11.8 Å². The lowest BCUT2D eigenvalue weighted by Crippen LogP contribution is -2.37. The molecule has 1 fully saturated rings. The molecule has 82 valence electrons. The SMILES string of the molecule is CC(C)C(C(=O)O)C1CCN(C)CC1. The van der Waals surface area contributed by atoms with Gasteiger partial charge in [0.15, 0.2) is 0 Å². The van der Waals surface area contributed by atoms with Crippen LogP contribution in [0, 0.1) is 17.8 Å². The lowest BCUT2D eigenvalue weighted by molar-refractivity contribution is -0.146. The Morgan fingerprint density at radius 2 is 1.86 bits per heavy atom. The highest BCUT2D eigenvalue weighted by Crippen LogP contribution is 2.29. The topological polar surface area (TPSA) is 40.5 Å². The third kappa shape index (κ3) is 2.71. The number of carboxylic acids is 1. The van der Waals surface area contributed by atoms with Gasteiger partial charge >= 0.3 is 5.97 Å². The molecule has 1 rings (SSSR count). The van der Waals surface area contributed by atoms with Gasteiger partial charge in [-0.25, -0.2) is 0 Å². The van der Waals surface area contributed by atoms with Gasteiger partial charge in [0.1, 0.15) is 0 Å². The third-order valence-electron chi connectivity index (χ3n) is 3.27. The molecule has 1 N–H and O–H groups in total. The van der Waals surface area contributed by atoms with Gasteiger partial charge in [-0.15, -0.1) is 0 Å². The molecule has 0 aromatic carbocycles. The van der Waals surface area contributed by atoms with Gasteiger partial charge in [0, 0.05) is 0 Å². The van der Waals surface area contributed by atoms with Crippen molar-refractivity contribution in [1.82, 2.24) is 4.90 Å². The molecule has 0 radical (unpaired) electrons. The van der Waals surface area contributed by atoms with Crippen LogP contribution in [0.5, 0.6) is 0 Å². The fourth-order valence-corrected chi connectivity index (χ4v) is 2.42. The van der Waals surface area contributed by atoms with E-state index >= 15 is 0 Å². The Labute approximate surface area is 86.1 Å². The summed E-state index contributed by atoms with van der Waals surface area (Å²) in [6, 6.07) is 0. The Bertz CT molecular complexity index is 195. The standard InChI is InChI=1S/C11H21NO2/c1-8(2)10(11(13)14)9-4-6-12(3)7-5-9/h8-10H,4-7H2,1-3H3,(H,13,14). The molecular formula is C11H21NO2. The number of carboxylic acid groups (broad SMARTS) is 1. The van der Waals surface area contributed by atoms with Crippen molar-refractivity contribution in [3.63, 3.8) is 0 Å². The zero-order valence-corrected chi connectivity index (χ0v) is 9.36. The van der Waals surface area contributed by atoms with Crippen molar-refractivity contribution in [3.8, 4) is 0 Å². The fraction of sp³-hybridized carbons (Fsp3) is 0.909. The fourth-order valence-electron chi connectivity index (χ4n) is 2.42. The van der Waals surface area contributed by atoms with Crippen LogP contribution in [-0.2, 0) is 4.79 Å². The first kappa shape index (κ1) is 11.5. The second-order valence-corrected chi connectivity index (χ2v) is 4.75. The quantitative estimate of drug-likeness (QED) is 0.752.